The quantitative estimate of drug-likeness (QED) is 0.607. The Morgan fingerprint density at radius 1 is 1.22 bits per heavy atom. The van der Waals surface area contributed by atoms with Crippen molar-refractivity contribution in [3.05, 3.63) is 0 Å². The number of halogens is 1. The van der Waals surface area contributed by atoms with Crippen LogP contribution in [0.2, 0.25) is 0 Å². The summed E-state index contributed by atoms with van der Waals surface area (Å²) in [5.74, 6) is 0.470. The summed E-state index contributed by atoms with van der Waals surface area (Å²) >= 11 is 3.48. The number of ether oxygens (including phenoxy) is 1. The number of rotatable bonds is 9. The van der Waals surface area contributed by atoms with Crippen LogP contribution in [-0.4, -0.2) is 68.0 Å². The standard InChI is InChI=1S/C13H27BrN2O2/c1-11(2)12(14)13(17)16(9-10-18-5)8-6-7-15(3)4/h11-12H,6-10H2,1-5H3. The molecule has 1 amide bonds. The molecule has 1 atom stereocenters. The van der Waals surface area contributed by atoms with E-state index in [1.54, 1.807) is 7.11 Å². The molecule has 0 fully saturated rings. The first-order valence-electron chi connectivity index (χ1n) is 6.46. The van der Waals surface area contributed by atoms with Gasteiger partial charge < -0.3 is 14.5 Å². The van der Waals surface area contributed by atoms with Gasteiger partial charge in [-0.1, -0.05) is 29.8 Å². The Morgan fingerprint density at radius 3 is 2.28 bits per heavy atom. The summed E-state index contributed by atoms with van der Waals surface area (Å²) in [7, 11) is 5.75. The van der Waals surface area contributed by atoms with Crippen LogP contribution >= 0.6 is 15.9 Å². The topological polar surface area (TPSA) is 32.8 Å². The van der Waals surface area contributed by atoms with Crippen LogP contribution < -0.4 is 0 Å². The number of alkyl halides is 1. The van der Waals surface area contributed by atoms with Gasteiger partial charge >= 0.3 is 0 Å². The third-order valence-electron chi connectivity index (χ3n) is 2.73. The third-order valence-corrected chi connectivity index (χ3v) is 4.18. The van der Waals surface area contributed by atoms with E-state index in [4.69, 9.17) is 4.74 Å². The van der Waals surface area contributed by atoms with E-state index in [2.05, 4.69) is 20.8 Å². The first-order valence-corrected chi connectivity index (χ1v) is 7.38. The lowest BCUT2D eigenvalue weighted by molar-refractivity contribution is -0.131. The van der Waals surface area contributed by atoms with Crippen LogP contribution in [0.25, 0.3) is 0 Å². The Bertz CT molecular complexity index is 235. The number of carbonyl (C=O) groups excluding carboxylic acids is 1. The van der Waals surface area contributed by atoms with Crippen molar-refractivity contribution in [2.24, 2.45) is 5.92 Å². The van der Waals surface area contributed by atoms with E-state index in [9.17, 15) is 4.79 Å². The second-order valence-corrected chi connectivity index (χ2v) is 6.11. The van der Waals surface area contributed by atoms with Crippen LogP contribution in [-0.2, 0) is 9.53 Å². The molecule has 0 saturated carbocycles. The van der Waals surface area contributed by atoms with Gasteiger partial charge in [0.05, 0.1) is 11.4 Å². The van der Waals surface area contributed by atoms with Crippen molar-refractivity contribution in [1.29, 1.82) is 0 Å². The van der Waals surface area contributed by atoms with Gasteiger partial charge in [0.1, 0.15) is 0 Å². The fourth-order valence-electron chi connectivity index (χ4n) is 1.57. The molecule has 0 aliphatic heterocycles. The van der Waals surface area contributed by atoms with E-state index in [1.165, 1.54) is 0 Å². The van der Waals surface area contributed by atoms with Crippen LogP contribution in [0.3, 0.4) is 0 Å². The Kier molecular flexibility index (Phi) is 9.68. The van der Waals surface area contributed by atoms with Crippen molar-refractivity contribution in [3.8, 4) is 0 Å². The van der Waals surface area contributed by atoms with Gasteiger partial charge in [-0.25, -0.2) is 0 Å². The van der Waals surface area contributed by atoms with Gasteiger partial charge in [-0.05, 0) is 33.0 Å². The van der Waals surface area contributed by atoms with Gasteiger partial charge in [0, 0.05) is 20.2 Å². The van der Waals surface area contributed by atoms with Gasteiger partial charge in [-0.2, -0.15) is 0 Å². The van der Waals surface area contributed by atoms with E-state index in [1.807, 2.05) is 32.8 Å². The number of nitrogens with zero attached hydrogens (tertiary/aromatic N) is 2. The Hall–Kier alpha value is -0.130. The van der Waals surface area contributed by atoms with Gasteiger partial charge in [0.15, 0.2) is 0 Å². The second-order valence-electron chi connectivity index (χ2n) is 5.12. The van der Waals surface area contributed by atoms with E-state index in [0.717, 1.165) is 19.5 Å². The summed E-state index contributed by atoms with van der Waals surface area (Å²) in [6.07, 6.45) is 0.986. The van der Waals surface area contributed by atoms with Gasteiger partial charge in [-0.15, -0.1) is 0 Å². The lowest BCUT2D eigenvalue weighted by atomic mass is 10.1. The molecule has 18 heavy (non-hydrogen) atoms. The largest absolute Gasteiger partial charge is 0.383 e. The molecule has 0 radical (unpaired) electrons. The molecule has 108 valence electrons. The molecule has 0 aromatic carbocycles. The fourth-order valence-corrected chi connectivity index (χ4v) is 1.86. The normalized spacial score (nSPS) is 13.1. The van der Waals surface area contributed by atoms with Gasteiger partial charge in [0.2, 0.25) is 5.91 Å². The van der Waals surface area contributed by atoms with E-state index < -0.39 is 0 Å². The zero-order valence-electron chi connectivity index (χ0n) is 12.3. The highest BCUT2D eigenvalue weighted by molar-refractivity contribution is 9.10. The molecule has 0 aliphatic carbocycles. The van der Waals surface area contributed by atoms with Crippen LogP contribution in [0.15, 0.2) is 0 Å². The maximum atomic E-state index is 12.3. The Morgan fingerprint density at radius 2 is 1.83 bits per heavy atom. The first kappa shape index (κ1) is 17.9. The monoisotopic (exact) mass is 322 g/mol. The summed E-state index contributed by atoms with van der Waals surface area (Å²) in [6.45, 7) is 7.13. The van der Waals surface area contributed by atoms with Crippen LogP contribution in [0, 0.1) is 5.92 Å². The molecule has 0 aromatic heterocycles. The third kappa shape index (κ3) is 7.34. The molecular formula is C13H27BrN2O2. The zero-order chi connectivity index (χ0) is 14.1. The number of amides is 1. The number of hydrogen-bond acceptors (Lipinski definition) is 3. The molecule has 1 unspecified atom stereocenters. The Labute approximate surface area is 120 Å². The maximum Gasteiger partial charge on any atom is 0.236 e. The summed E-state index contributed by atoms with van der Waals surface area (Å²) in [5.41, 5.74) is 0. The number of carbonyl (C=O) groups is 1. The number of methoxy groups -OCH3 is 1. The van der Waals surface area contributed by atoms with Crippen molar-refractivity contribution >= 4 is 21.8 Å². The van der Waals surface area contributed by atoms with Crippen molar-refractivity contribution < 1.29 is 9.53 Å². The summed E-state index contributed by atoms with van der Waals surface area (Å²) in [4.78, 5) is 16.2. The van der Waals surface area contributed by atoms with Crippen LogP contribution in [0.1, 0.15) is 20.3 Å². The van der Waals surface area contributed by atoms with Crippen LogP contribution in [0.5, 0.6) is 0 Å². The predicted octanol–water partition coefficient (Wildman–Crippen LogP) is 1.83. The molecule has 0 aliphatic rings. The summed E-state index contributed by atoms with van der Waals surface area (Å²) in [5, 5.41) is 0. The average Bonchev–Trinajstić information content (AvgIpc) is 2.31. The number of hydrogen-bond donors (Lipinski definition) is 0. The molecule has 0 aromatic rings. The molecule has 0 bridgehead atoms. The smallest absolute Gasteiger partial charge is 0.236 e. The second kappa shape index (κ2) is 9.75. The molecule has 5 heteroatoms. The fraction of sp³-hybridized carbons (Fsp3) is 0.923. The molecule has 0 N–H and O–H groups in total. The Balaban J connectivity index is 4.32. The van der Waals surface area contributed by atoms with E-state index in [-0.39, 0.29) is 10.7 Å². The summed E-state index contributed by atoms with van der Waals surface area (Å²) < 4.78 is 5.07. The molecule has 0 saturated heterocycles. The highest BCUT2D eigenvalue weighted by Crippen LogP contribution is 2.15. The summed E-state index contributed by atoms with van der Waals surface area (Å²) in [6, 6.07) is 0. The van der Waals surface area contributed by atoms with Crippen molar-refractivity contribution in [1.82, 2.24) is 9.80 Å². The highest BCUT2D eigenvalue weighted by atomic mass is 79.9. The average molecular weight is 323 g/mol. The van der Waals surface area contributed by atoms with Crippen molar-refractivity contribution in [2.75, 3.05) is 47.4 Å². The SMILES string of the molecule is COCCN(CCCN(C)C)C(=O)C(Br)C(C)C. The van der Waals surface area contributed by atoms with Crippen molar-refractivity contribution in [2.45, 2.75) is 25.1 Å². The first-order chi connectivity index (χ1) is 8.40. The van der Waals surface area contributed by atoms with E-state index >= 15 is 0 Å². The lowest BCUT2D eigenvalue weighted by Crippen LogP contribution is -2.41. The molecule has 0 rings (SSSR count). The molecule has 0 spiro atoms. The van der Waals surface area contributed by atoms with Gasteiger partial charge in [0.25, 0.3) is 0 Å². The van der Waals surface area contributed by atoms with Crippen LogP contribution in [0.4, 0.5) is 0 Å². The minimum atomic E-state index is -0.103. The predicted molar refractivity (Wildman–Crippen MR) is 79.2 cm³/mol. The van der Waals surface area contributed by atoms with E-state index in [0.29, 0.717) is 19.1 Å². The van der Waals surface area contributed by atoms with Crippen molar-refractivity contribution in [3.63, 3.8) is 0 Å². The molecule has 0 heterocycles. The lowest BCUT2D eigenvalue weighted by Gasteiger charge is -2.27. The minimum Gasteiger partial charge on any atom is -0.383 e. The molecule has 4 nitrogen and oxygen atoms in total. The zero-order valence-corrected chi connectivity index (χ0v) is 13.9. The minimum absolute atomic E-state index is 0.103. The maximum absolute atomic E-state index is 12.3. The molecular weight excluding hydrogens is 296 g/mol. The van der Waals surface area contributed by atoms with Gasteiger partial charge in [-0.3, -0.25) is 4.79 Å². The highest BCUT2D eigenvalue weighted by Gasteiger charge is 2.24.